The van der Waals surface area contributed by atoms with Crippen molar-refractivity contribution < 1.29 is 9.90 Å². The van der Waals surface area contributed by atoms with Gasteiger partial charge in [-0.25, -0.2) is 15.0 Å². The third-order valence-electron chi connectivity index (χ3n) is 6.52. The molecule has 166 valence electrons. The van der Waals surface area contributed by atoms with Crippen molar-refractivity contribution in [3.63, 3.8) is 0 Å². The molecule has 0 amide bonds. The van der Waals surface area contributed by atoms with Gasteiger partial charge in [0.2, 0.25) is 0 Å². The second-order valence-corrected chi connectivity index (χ2v) is 8.40. The number of aromatic nitrogens is 4. The van der Waals surface area contributed by atoms with E-state index in [0.717, 1.165) is 35.3 Å². The molecular formula is C25H29N5O2. The molecule has 3 N–H and O–H groups in total. The zero-order valence-electron chi connectivity index (χ0n) is 18.3. The summed E-state index contributed by atoms with van der Waals surface area (Å²) in [6.07, 6.45) is 12.9. The number of pyridine rings is 1. The van der Waals surface area contributed by atoms with E-state index < -0.39 is 0 Å². The molecule has 1 aromatic carbocycles. The summed E-state index contributed by atoms with van der Waals surface area (Å²) >= 11 is 0. The largest absolute Gasteiger partial charge is 0.483 e. The highest BCUT2D eigenvalue weighted by molar-refractivity contribution is 5.81. The second-order valence-electron chi connectivity index (χ2n) is 8.40. The van der Waals surface area contributed by atoms with Gasteiger partial charge in [0, 0.05) is 29.2 Å². The highest BCUT2D eigenvalue weighted by Crippen LogP contribution is 2.38. The lowest BCUT2D eigenvalue weighted by molar-refractivity contribution is -0.122. The number of carboxylic acid groups (broad SMARTS) is 1. The summed E-state index contributed by atoms with van der Waals surface area (Å²) in [7, 11) is 0. The lowest BCUT2D eigenvalue weighted by atomic mass is 9.93. The second kappa shape index (κ2) is 9.77. The van der Waals surface area contributed by atoms with Crippen LogP contribution in [-0.2, 0) is 17.6 Å². The Hall–Kier alpha value is -3.48. The van der Waals surface area contributed by atoms with Crippen LogP contribution in [0.4, 0.5) is 5.82 Å². The quantitative estimate of drug-likeness (QED) is 0.440. The van der Waals surface area contributed by atoms with Gasteiger partial charge in [-0.15, -0.1) is 0 Å². The van der Waals surface area contributed by atoms with Crippen LogP contribution in [0.25, 0.3) is 21.9 Å². The first-order chi connectivity index (χ1) is 15.6. The molecular weight excluding hydrogens is 402 g/mol. The van der Waals surface area contributed by atoms with Crippen LogP contribution in [-0.4, -0.2) is 31.1 Å². The van der Waals surface area contributed by atoms with Gasteiger partial charge in [-0.3, -0.25) is 4.79 Å². The Morgan fingerprint density at radius 2 is 2.03 bits per heavy atom. The molecule has 5 rings (SSSR count). The minimum absolute atomic E-state index is 0.250. The SMILES string of the molecule is CCc1cc2ccc(N)nc2cc1CCC1CCC(n2ccc3cncnc32)C1.O=CO. The maximum Gasteiger partial charge on any atom is 0.290 e. The van der Waals surface area contributed by atoms with Crippen LogP contribution >= 0.6 is 0 Å². The predicted octanol–water partition coefficient (Wildman–Crippen LogP) is 4.80. The third kappa shape index (κ3) is 4.56. The lowest BCUT2D eigenvalue weighted by Gasteiger charge is -2.15. The van der Waals surface area contributed by atoms with Gasteiger partial charge in [0.1, 0.15) is 17.8 Å². The van der Waals surface area contributed by atoms with E-state index in [1.54, 1.807) is 6.33 Å². The zero-order valence-corrected chi connectivity index (χ0v) is 18.3. The summed E-state index contributed by atoms with van der Waals surface area (Å²) in [5, 5.41) is 9.20. The van der Waals surface area contributed by atoms with Crippen molar-refractivity contribution in [2.45, 2.75) is 51.5 Å². The molecule has 1 aliphatic rings. The van der Waals surface area contributed by atoms with Crippen molar-refractivity contribution in [1.29, 1.82) is 0 Å². The van der Waals surface area contributed by atoms with Crippen LogP contribution in [0, 0.1) is 5.92 Å². The molecule has 0 saturated heterocycles. The van der Waals surface area contributed by atoms with Crippen molar-refractivity contribution in [3.05, 3.63) is 60.2 Å². The summed E-state index contributed by atoms with van der Waals surface area (Å²) in [5.41, 5.74) is 10.8. The molecule has 3 aromatic heterocycles. The van der Waals surface area contributed by atoms with Gasteiger partial charge in [-0.05, 0) is 85.9 Å². The molecule has 0 bridgehead atoms. The summed E-state index contributed by atoms with van der Waals surface area (Å²) in [5.74, 6) is 1.35. The number of fused-ring (bicyclic) bond motifs is 2. The average molecular weight is 432 g/mol. The zero-order chi connectivity index (χ0) is 22.5. The van der Waals surface area contributed by atoms with Gasteiger partial charge in [0.15, 0.2) is 0 Å². The van der Waals surface area contributed by atoms with Crippen LogP contribution in [0.2, 0.25) is 0 Å². The Bertz CT molecular complexity index is 1220. The standard InChI is InChI=1S/C24H27N5.CH2O2/c1-2-17-12-19-6-8-23(25)28-22(19)13-18(17)5-3-16-4-7-21(11-16)29-10-9-20-14-26-15-27-24(20)29;2-1-3/h6,8-10,12-16,21H,2-5,7,11H2,1H3,(H2,25,28);1H,(H,2,3). The Kier molecular flexibility index (Phi) is 6.63. The van der Waals surface area contributed by atoms with Crippen LogP contribution in [0.3, 0.4) is 0 Å². The first-order valence-corrected chi connectivity index (χ1v) is 11.1. The van der Waals surface area contributed by atoms with Gasteiger partial charge < -0.3 is 15.4 Å². The molecule has 0 aliphatic heterocycles. The Morgan fingerprint density at radius 1 is 1.19 bits per heavy atom. The molecule has 2 unspecified atom stereocenters. The van der Waals surface area contributed by atoms with E-state index in [1.807, 2.05) is 12.3 Å². The maximum absolute atomic E-state index is 8.36. The van der Waals surface area contributed by atoms with Crippen molar-refractivity contribution in [2.24, 2.45) is 5.92 Å². The fourth-order valence-corrected chi connectivity index (χ4v) is 4.96. The van der Waals surface area contributed by atoms with E-state index in [1.165, 1.54) is 42.2 Å². The first-order valence-electron chi connectivity index (χ1n) is 11.1. The van der Waals surface area contributed by atoms with Crippen LogP contribution in [0.5, 0.6) is 0 Å². The maximum atomic E-state index is 8.36. The number of nitrogen functional groups attached to an aromatic ring is 1. The number of nitrogens with zero attached hydrogens (tertiary/aromatic N) is 4. The number of hydrogen-bond acceptors (Lipinski definition) is 5. The molecule has 32 heavy (non-hydrogen) atoms. The summed E-state index contributed by atoms with van der Waals surface area (Å²) in [6, 6.07) is 11.2. The fraction of sp³-hybridized carbons (Fsp3) is 0.360. The third-order valence-corrected chi connectivity index (χ3v) is 6.52. The molecule has 7 nitrogen and oxygen atoms in total. The molecule has 1 fully saturated rings. The number of carbonyl (C=O) groups is 1. The van der Waals surface area contributed by atoms with Crippen molar-refractivity contribution in [1.82, 2.24) is 19.5 Å². The number of hydrogen-bond donors (Lipinski definition) is 2. The van der Waals surface area contributed by atoms with Crippen molar-refractivity contribution in [3.8, 4) is 0 Å². The van der Waals surface area contributed by atoms with E-state index in [4.69, 9.17) is 15.6 Å². The molecule has 4 aromatic rings. The normalized spacial score (nSPS) is 17.9. The highest BCUT2D eigenvalue weighted by Gasteiger charge is 2.26. The Balaban J connectivity index is 0.000000775. The molecule has 0 radical (unpaired) electrons. The average Bonchev–Trinajstić information content (AvgIpc) is 3.44. The summed E-state index contributed by atoms with van der Waals surface area (Å²) in [6.45, 7) is 1.99. The topological polar surface area (TPSA) is 107 Å². The van der Waals surface area contributed by atoms with Gasteiger partial charge in [0.25, 0.3) is 6.47 Å². The minimum Gasteiger partial charge on any atom is -0.483 e. The van der Waals surface area contributed by atoms with Gasteiger partial charge in [0.05, 0.1) is 5.52 Å². The molecule has 0 spiro atoms. The van der Waals surface area contributed by atoms with Crippen LogP contribution in [0.1, 0.15) is 49.8 Å². The molecule has 2 atom stereocenters. The Labute approximate surface area is 187 Å². The number of rotatable bonds is 5. The van der Waals surface area contributed by atoms with E-state index in [0.29, 0.717) is 11.9 Å². The lowest BCUT2D eigenvalue weighted by Crippen LogP contribution is -2.06. The molecule has 7 heteroatoms. The highest BCUT2D eigenvalue weighted by atomic mass is 16.3. The number of nitrogens with two attached hydrogens (primary N) is 1. The molecule has 1 saturated carbocycles. The fourth-order valence-electron chi connectivity index (χ4n) is 4.96. The van der Waals surface area contributed by atoms with Crippen molar-refractivity contribution in [2.75, 3.05) is 5.73 Å². The van der Waals surface area contributed by atoms with E-state index >= 15 is 0 Å². The van der Waals surface area contributed by atoms with E-state index in [-0.39, 0.29) is 6.47 Å². The van der Waals surface area contributed by atoms with Gasteiger partial charge in [-0.2, -0.15) is 0 Å². The minimum atomic E-state index is -0.250. The van der Waals surface area contributed by atoms with Crippen LogP contribution in [0.15, 0.2) is 49.1 Å². The van der Waals surface area contributed by atoms with Gasteiger partial charge >= 0.3 is 0 Å². The summed E-state index contributed by atoms with van der Waals surface area (Å²) < 4.78 is 2.36. The first kappa shape index (κ1) is 21.7. The molecule has 1 aliphatic carbocycles. The predicted molar refractivity (Wildman–Crippen MR) is 126 cm³/mol. The van der Waals surface area contributed by atoms with Gasteiger partial charge in [-0.1, -0.05) is 6.92 Å². The number of aryl methyl sites for hydroxylation is 2. The van der Waals surface area contributed by atoms with E-state index in [9.17, 15) is 0 Å². The number of benzene rings is 1. The molecule has 3 heterocycles. The monoisotopic (exact) mass is 431 g/mol. The summed E-state index contributed by atoms with van der Waals surface area (Å²) in [4.78, 5) is 21.5. The van der Waals surface area contributed by atoms with Crippen molar-refractivity contribution >= 4 is 34.2 Å². The van der Waals surface area contributed by atoms with E-state index in [2.05, 4.69) is 56.9 Å². The number of anilines is 1. The Morgan fingerprint density at radius 3 is 2.84 bits per heavy atom. The van der Waals surface area contributed by atoms with Crippen LogP contribution < -0.4 is 5.73 Å². The smallest absolute Gasteiger partial charge is 0.290 e.